The van der Waals surface area contributed by atoms with Crippen LogP contribution >= 0.6 is 0 Å². The maximum atomic E-state index is 12.9. The van der Waals surface area contributed by atoms with E-state index in [1.807, 2.05) is 0 Å². The van der Waals surface area contributed by atoms with Crippen molar-refractivity contribution in [2.24, 2.45) is 16.6 Å². The van der Waals surface area contributed by atoms with Crippen molar-refractivity contribution < 1.29 is 17.8 Å². The van der Waals surface area contributed by atoms with Crippen LogP contribution < -0.4 is 5.73 Å². The molecule has 1 saturated carbocycles. The highest BCUT2D eigenvalue weighted by atomic mass is 19.4. The Morgan fingerprint density at radius 2 is 2.05 bits per heavy atom. The van der Waals surface area contributed by atoms with Crippen LogP contribution in [0.4, 0.5) is 13.2 Å². The average molecular weight is 271 g/mol. The van der Waals surface area contributed by atoms with E-state index in [1.54, 1.807) is 0 Å². The predicted octanol–water partition coefficient (Wildman–Crippen LogP) is 2.31. The Hall–Kier alpha value is -1.60. The van der Waals surface area contributed by atoms with Crippen LogP contribution in [0.3, 0.4) is 0 Å². The molecular formula is C12H12F3N3O. The fourth-order valence-corrected chi connectivity index (χ4v) is 2.35. The lowest BCUT2D eigenvalue weighted by molar-refractivity contribution is -0.728. The lowest BCUT2D eigenvalue weighted by atomic mass is 10.1. The van der Waals surface area contributed by atoms with Gasteiger partial charge >= 0.3 is 6.18 Å². The number of nitrogens with zero attached hydrogens (tertiary/aromatic N) is 2. The molecule has 0 spiro atoms. The fourth-order valence-electron chi connectivity index (χ4n) is 2.35. The second-order valence-corrected chi connectivity index (χ2v) is 4.99. The molecule has 0 aromatic heterocycles. The maximum Gasteiger partial charge on any atom is 0.423 e. The molecule has 0 aromatic rings. The number of nitrogens with two attached hydrogens (primary N) is 1. The Morgan fingerprint density at radius 3 is 2.63 bits per heavy atom. The topological polar surface area (TPSA) is 61.4 Å². The van der Waals surface area contributed by atoms with Crippen LogP contribution in [0, 0.1) is 11.1 Å². The number of alkyl halides is 3. The highest BCUT2D eigenvalue weighted by molar-refractivity contribution is 5.97. The van der Waals surface area contributed by atoms with Crippen molar-refractivity contribution in [3.63, 3.8) is 0 Å². The summed E-state index contributed by atoms with van der Waals surface area (Å²) in [4.78, 5) is 3.96. The number of allylic oxidation sites excluding steroid dienone is 3. The van der Waals surface area contributed by atoms with Gasteiger partial charge in [-0.2, -0.15) is 18.2 Å². The number of hydrogen-bond acceptors (Lipinski definition) is 3. The lowest BCUT2D eigenvalue weighted by Gasteiger charge is -2.43. The molecule has 0 saturated heterocycles. The number of hydrogen-bond donors (Lipinski definition) is 1. The van der Waals surface area contributed by atoms with E-state index in [2.05, 4.69) is 4.99 Å². The minimum Gasteiger partial charge on any atom is -0.621 e. The molecule has 3 aliphatic rings. The van der Waals surface area contributed by atoms with Gasteiger partial charge in [0.25, 0.3) is 0 Å². The third kappa shape index (κ3) is 1.98. The molecule has 2 N–H and O–H groups in total. The first-order valence-electron chi connectivity index (χ1n) is 5.95. The molecule has 7 heteroatoms. The monoisotopic (exact) mass is 271 g/mol. The Bertz CT molecular complexity index is 555. The van der Waals surface area contributed by atoms with Gasteiger partial charge < -0.3 is 10.9 Å². The van der Waals surface area contributed by atoms with Gasteiger partial charge in [-0.15, -0.1) is 0 Å². The van der Waals surface area contributed by atoms with Crippen LogP contribution in [0.25, 0.3) is 0 Å². The van der Waals surface area contributed by atoms with E-state index in [4.69, 9.17) is 5.73 Å². The third-order valence-electron chi connectivity index (χ3n) is 3.42. The zero-order valence-corrected chi connectivity index (χ0v) is 9.94. The number of quaternary nitrogens is 1. The molecule has 4 nitrogen and oxygen atoms in total. The largest absolute Gasteiger partial charge is 0.621 e. The minimum absolute atomic E-state index is 0.113. The first-order chi connectivity index (χ1) is 8.81. The van der Waals surface area contributed by atoms with Gasteiger partial charge in [-0.1, -0.05) is 0 Å². The quantitative estimate of drug-likeness (QED) is 0.587. The number of halogens is 3. The summed E-state index contributed by atoms with van der Waals surface area (Å²) in [5, 5.41) is 12.4. The number of rotatable bonds is 1. The van der Waals surface area contributed by atoms with Crippen molar-refractivity contribution in [1.29, 1.82) is 0 Å². The summed E-state index contributed by atoms with van der Waals surface area (Å²) in [6.07, 6.45) is 0.297. The Labute approximate surface area is 107 Å². The van der Waals surface area contributed by atoms with E-state index in [-0.39, 0.29) is 12.5 Å². The number of aliphatic imine (C=N–C) groups is 1. The van der Waals surface area contributed by atoms with Gasteiger partial charge in [-0.25, -0.2) is 0 Å². The van der Waals surface area contributed by atoms with Gasteiger partial charge in [0.1, 0.15) is 18.3 Å². The van der Waals surface area contributed by atoms with Gasteiger partial charge in [-0.05, 0) is 25.0 Å². The van der Waals surface area contributed by atoms with Gasteiger partial charge in [0.05, 0.1) is 11.4 Å². The van der Waals surface area contributed by atoms with Crippen LogP contribution in [0.1, 0.15) is 12.8 Å². The average Bonchev–Trinajstić information content (AvgIpc) is 3.08. The van der Waals surface area contributed by atoms with E-state index in [0.717, 1.165) is 31.2 Å². The molecule has 1 aliphatic carbocycles. The zero-order valence-electron chi connectivity index (χ0n) is 9.94. The van der Waals surface area contributed by atoms with E-state index in [9.17, 15) is 18.4 Å². The molecule has 0 amide bonds. The maximum absolute atomic E-state index is 12.9. The summed E-state index contributed by atoms with van der Waals surface area (Å²) in [6, 6.07) is 0. The van der Waals surface area contributed by atoms with E-state index in [0.29, 0.717) is 11.4 Å². The van der Waals surface area contributed by atoms with E-state index < -0.39 is 22.2 Å². The molecule has 0 radical (unpaired) electrons. The van der Waals surface area contributed by atoms with Gasteiger partial charge in [-0.3, -0.25) is 4.65 Å². The number of amidine groups is 1. The van der Waals surface area contributed by atoms with Crippen molar-refractivity contribution in [2.45, 2.75) is 19.0 Å². The van der Waals surface area contributed by atoms with Crippen molar-refractivity contribution in [3.05, 3.63) is 40.5 Å². The van der Waals surface area contributed by atoms with Crippen molar-refractivity contribution in [3.8, 4) is 0 Å². The fraction of sp³-hybridized carbons (Fsp3) is 0.417. The van der Waals surface area contributed by atoms with Crippen molar-refractivity contribution >= 4 is 5.84 Å². The van der Waals surface area contributed by atoms with Gasteiger partial charge in [0.15, 0.2) is 0 Å². The first kappa shape index (κ1) is 12.4. The molecule has 1 fully saturated rings. The summed E-state index contributed by atoms with van der Waals surface area (Å²) >= 11 is 0. The standard InChI is InChI=1S/C12H12F3N3O/c13-12(14,15)8-2-1-5-18(19)6-9(16)10(7-3-4-7)17-11(8)18/h1-2,5,7H,3-4,6,16H2. The Morgan fingerprint density at radius 1 is 1.37 bits per heavy atom. The molecule has 0 bridgehead atoms. The minimum atomic E-state index is -4.59. The highest BCUT2D eigenvalue weighted by Crippen LogP contribution is 2.43. The summed E-state index contributed by atoms with van der Waals surface area (Å²) < 4.78 is 37.6. The molecule has 1 atom stereocenters. The Kier molecular flexibility index (Phi) is 2.42. The molecule has 1 unspecified atom stereocenters. The van der Waals surface area contributed by atoms with Crippen molar-refractivity contribution in [2.75, 3.05) is 6.54 Å². The summed E-state index contributed by atoms with van der Waals surface area (Å²) in [7, 11) is 0. The molecular weight excluding hydrogens is 259 g/mol. The second kappa shape index (κ2) is 3.71. The van der Waals surface area contributed by atoms with Gasteiger partial charge in [0.2, 0.25) is 5.84 Å². The first-order valence-corrected chi connectivity index (χ1v) is 5.95. The highest BCUT2D eigenvalue weighted by Gasteiger charge is 2.47. The van der Waals surface area contributed by atoms with E-state index in [1.165, 1.54) is 0 Å². The molecule has 102 valence electrons. The van der Waals surface area contributed by atoms with Crippen LogP contribution in [0.2, 0.25) is 0 Å². The van der Waals surface area contributed by atoms with Crippen LogP contribution in [0.5, 0.6) is 0 Å². The Balaban J connectivity index is 2.10. The second-order valence-electron chi connectivity index (χ2n) is 4.99. The third-order valence-corrected chi connectivity index (χ3v) is 3.42. The summed E-state index contributed by atoms with van der Waals surface area (Å²) in [5.74, 6) is -0.382. The van der Waals surface area contributed by atoms with Crippen molar-refractivity contribution in [1.82, 2.24) is 0 Å². The lowest BCUT2D eigenvalue weighted by Crippen LogP contribution is -2.51. The summed E-state index contributed by atoms with van der Waals surface area (Å²) in [5.41, 5.74) is 5.58. The molecule has 2 heterocycles. The summed E-state index contributed by atoms with van der Waals surface area (Å²) in [6.45, 7) is -0.200. The molecule has 3 rings (SSSR count). The zero-order chi connectivity index (χ0) is 13.8. The smallest absolute Gasteiger partial charge is 0.423 e. The SMILES string of the molecule is NC1=C(C2CC2)N=C2C(C(F)(F)F)=CC=C[N+]2([O-])C1. The normalized spacial score (nSPS) is 30.9. The molecule has 2 aliphatic heterocycles. The molecule has 0 aromatic carbocycles. The number of hydroxylamine groups is 3. The van der Waals surface area contributed by atoms with E-state index >= 15 is 0 Å². The van der Waals surface area contributed by atoms with Crippen LogP contribution in [0.15, 0.2) is 40.3 Å². The van der Waals surface area contributed by atoms with Crippen LogP contribution in [-0.4, -0.2) is 23.2 Å². The predicted molar refractivity (Wildman–Crippen MR) is 63.1 cm³/mol. The number of fused-ring (bicyclic) bond motifs is 1. The molecule has 19 heavy (non-hydrogen) atoms. The van der Waals surface area contributed by atoms with Crippen LogP contribution in [-0.2, 0) is 0 Å². The van der Waals surface area contributed by atoms with Gasteiger partial charge in [0, 0.05) is 5.92 Å².